The first-order valence-electron chi connectivity index (χ1n) is 13.6. The maximum absolute atomic E-state index is 13.2. The summed E-state index contributed by atoms with van der Waals surface area (Å²) in [6.45, 7) is 9.70. The van der Waals surface area contributed by atoms with Gasteiger partial charge in [-0.15, -0.1) is 0 Å². The van der Waals surface area contributed by atoms with Crippen LogP contribution in [-0.4, -0.2) is 84.1 Å². The number of fused-ring (bicyclic) bond motifs is 1. The Kier molecular flexibility index (Phi) is 8.01. The lowest BCUT2D eigenvalue weighted by Gasteiger charge is -2.36. The molecule has 2 aliphatic heterocycles. The Hall–Kier alpha value is -2.95. The van der Waals surface area contributed by atoms with Gasteiger partial charge in [0.1, 0.15) is 0 Å². The molecular weight excluding hydrogens is 500 g/mol. The van der Waals surface area contributed by atoms with Crippen LogP contribution < -0.4 is 10.2 Å². The highest BCUT2D eigenvalue weighted by atomic mass is 32.2. The topological polar surface area (TPSA) is 90.8 Å². The van der Waals surface area contributed by atoms with Crippen LogP contribution in [0.4, 0.5) is 11.6 Å². The third-order valence-corrected chi connectivity index (χ3v) is 10.1. The Morgan fingerprint density at radius 3 is 2.26 bits per heavy atom. The van der Waals surface area contributed by atoms with Crippen molar-refractivity contribution in [3.63, 3.8) is 0 Å². The Labute approximate surface area is 225 Å². The fraction of sp³-hybridized carbons (Fsp3) is 0.500. The zero-order chi connectivity index (χ0) is 26.7. The zero-order valence-corrected chi connectivity index (χ0v) is 23.1. The van der Waals surface area contributed by atoms with Gasteiger partial charge >= 0.3 is 0 Å². The molecule has 0 aliphatic carbocycles. The molecule has 2 aromatic carbocycles. The molecule has 0 radical (unpaired) electrons. The molecule has 2 fully saturated rings. The van der Waals surface area contributed by atoms with Crippen LogP contribution in [0.1, 0.15) is 26.7 Å². The highest BCUT2D eigenvalue weighted by molar-refractivity contribution is 7.89. The van der Waals surface area contributed by atoms with Gasteiger partial charge in [0.2, 0.25) is 21.9 Å². The number of benzene rings is 2. The van der Waals surface area contributed by atoms with Gasteiger partial charge in [-0.1, -0.05) is 30.3 Å². The molecular formula is C28H38N6O3S. The van der Waals surface area contributed by atoms with Crippen LogP contribution in [0.2, 0.25) is 0 Å². The van der Waals surface area contributed by atoms with Crippen molar-refractivity contribution in [1.82, 2.24) is 18.8 Å². The highest BCUT2D eigenvalue weighted by Gasteiger charge is 2.33. The summed E-state index contributed by atoms with van der Waals surface area (Å²) in [6, 6.07) is 18.5. The Bertz CT molecular complexity index is 1340. The van der Waals surface area contributed by atoms with Gasteiger partial charge in [0, 0.05) is 64.0 Å². The minimum atomic E-state index is -3.29. The number of carbonyl (C=O) groups excluding carboxylic acids is 1. The SMILES string of the molecule is CC(C)S(=O)(=O)N1CCC(C(=O)Nc2nc3ccccc3n2CCN2CCN(c3ccccc3)CC2)CC1. The number of carbonyl (C=O) groups is 1. The summed E-state index contributed by atoms with van der Waals surface area (Å²) in [5.41, 5.74) is 3.13. The largest absolute Gasteiger partial charge is 0.369 e. The van der Waals surface area contributed by atoms with Crippen LogP contribution in [0.5, 0.6) is 0 Å². The lowest BCUT2D eigenvalue weighted by Crippen LogP contribution is -2.47. The summed E-state index contributed by atoms with van der Waals surface area (Å²) < 4.78 is 28.6. The molecule has 0 bridgehead atoms. The number of aromatic nitrogens is 2. The van der Waals surface area contributed by atoms with Gasteiger partial charge in [-0.2, -0.15) is 0 Å². The molecule has 9 nitrogen and oxygen atoms in total. The average molecular weight is 539 g/mol. The van der Waals surface area contributed by atoms with Gasteiger partial charge in [0.25, 0.3) is 0 Å². The minimum absolute atomic E-state index is 0.0837. The van der Waals surface area contributed by atoms with E-state index in [0.717, 1.165) is 50.3 Å². The van der Waals surface area contributed by atoms with Crippen molar-refractivity contribution in [3.05, 3.63) is 54.6 Å². The molecule has 2 aliphatic rings. The van der Waals surface area contributed by atoms with E-state index in [9.17, 15) is 13.2 Å². The second-order valence-electron chi connectivity index (χ2n) is 10.5. The Balaban J connectivity index is 1.21. The summed E-state index contributed by atoms with van der Waals surface area (Å²) in [5, 5.41) is 2.63. The van der Waals surface area contributed by atoms with E-state index in [1.165, 1.54) is 9.99 Å². The number of rotatable bonds is 8. The standard InChI is InChI=1S/C28H38N6O3S/c1-22(2)38(36,37)33-14-12-23(13-15-33)27(35)30-28-29-25-10-6-7-11-26(25)34(28)21-18-31-16-19-32(20-17-31)24-8-4-3-5-9-24/h3-11,22-23H,12-21H2,1-2H3,(H,29,30,35). The van der Waals surface area contributed by atoms with Crippen molar-refractivity contribution in [2.24, 2.45) is 5.92 Å². The summed E-state index contributed by atoms with van der Waals surface area (Å²) >= 11 is 0. The molecule has 0 saturated carbocycles. The maximum Gasteiger partial charge on any atom is 0.229 e. The smallest absolute Gasteiger partial charge is 0.229 e. The second-order valence-corrected chi connectivity index (χ2v) is 13.0. The minimum Gasteiger partial charge on any atom is -0.369 e. The van der Waals surface area contributed by atoms with Crippen molar-refractivity contribution >= 4 is 38.6 Å². The molecule has 0 atom stereocenters. The molecule has 0 spiro atoms. The van der Waals surface area contributed by atoms with Gasteiger partial charge in [-0.3, -0.25) is 15.0 Å². The van der Waals surface area contributed by atoms with E-state index in [1.54, 1.807) is 13.8 Å². The lowest BCUT2D eigenvalue weighted by molar-refractivity contribution is -0.121. The summed E-state index contributed by atoms with van der Waals surface area (Å²) in [6.07, 6.45) is 1.04. The van der Waals surface area contributed by atoms with Crippen LogP contribution in [0.25, 0.3) is 11.0 Å². The van der Waals surface area contributed by atoms with E-state index in [1.807, 2.05) is 30.3 Å². The number of piperidine rings is 1. The number of sulfonamides is 1. The zero-order valence-electron chi connectivity index (χ0n) is 22.3. The van der Waals surface area contributed by atoms with E-state index in [4.69, 9.17) is 4.98 Å². The molecule has 38 heavy (non-hydrogen) atoms. The van der Waals surface area contributed by atoms with E-state index in [2.05, 4.69) is 43.9 Å². The summed E-state index contributed by atoms with van der Waals surface area (Å²) in [4.78, 5) is 22.8. The van der Waals surface area contributed by atoms with Crippen molar-refractivity contribution in [2.75, 3.05) is 56.0 Å². The predicted octanol–water partition coefficient (Wildman–Crippen LogP) is 3.25. The number of nitrogens with one attached hydrogen (secondary N) is 1. The van der Waals surface area contributed by atoms with Crippen molar-refractivity contribution < 1.29 is 13.2 Å². The third kappa shape index (κ3) is 5.72. The number of para-hydroxylation sites is 3. The molecule has 0 unspecified atom stereocenters. The quantitative estimate of drug-likeness (QED) is 0.474. The molecule has 1 N–H and O–H groups in total. The maximum atomic E-state index is 13.2. The van der Waals surface area contributed by atoms with Crippen LogP contribution in [-0.2, 0) is 21.4 Å². The van der Waals surface area contributed by atoms with Crippen LogP contribution in [0, 0.1) is 5.92 Å². The first-order chi connectivity index (χ1) is 18.3. The number of amides is 1. The van der Waals surface area contributed by atoms with E-state index in [-0.39, 0.29) is 11.8 Å². The first kappa shape index (κ1) is 26.6. The monoisotopic (exact) mass is 538 g/mol. The Morgan fingerprint density at radius 2 is 1.58 bits per heavy atom. The molecule has 2 saturated heterocycles. The summed E-state index contributed by atoms with van der Waals surface area (Å²) in [7, 11) is -3.29. The number of anilines is 2. The fourth-order valence-corrected chi connectivity index (χ4v) is 6.71. The predicted molar refractivity (Wildman–Crippen MR) is 152 cm³/mol. The first-order valence-corrected chi connectivity index (χ1v) is 15.1. The van der Waals surface area contributed by atoms with Gasteiger partial charge in [0.05, 0.1) is 16.3 Å². The van der Waals surface area contributed by atoms with Crippen molar-refractivity contribution in [2.45, 2.75) is 38.5 Å². The fourth-order valence-electron chi connectivity index (χ4n) is 5.39. The van der Waals surface area contributed by atoms with Gasteiger partial charge in [0.15, 0.2) is 0 Å². The molecule has 3 heterocycles. The van der Waals surface area contributed by atoms with Gasteiger partial charge < -0.3 is 9.47 Å². The van der Waals surface area contributed by atoms with Gasteiger partial charge in [-0.25, -0.2) is 17.7 Å². The van der Waals surface area contributed by atoms with Crippen molar-refractivity contribution in [1.29, 1.82) is 0 Å². The number of piperazine rings is 1. The third-order valence-electron chi connectivity index (χ3n) is 7.80. The molecule has 3 aromatic rings. The highest BCUT2D eigenvalue weighted by Crippen LogP contribution is 2.25. The number of nitrogens with zero attached hydrogens (tertiary/aromatic N) is 5. The van der Waals surface area contributed by atoms with Crippen molar-refractivity contribution in [3.8, 4) is 0 Å². The molecule has 5 rings (SSSR count). The number of hydrogen-bond acceptors (Lipinski definition) is 6. The molecule has 1 amide bonds. The number of hydrogen-bond donors (Lipinski definition) is 1. The molecule has 1 aromatic heterocycles. The van der Waals surface area contributed by atoms with Crippen LogP contribution >= 0.6 is 0 Å². The molecule has 10 heteroatoms. The average Bonchev–Trinajstić information content (AvgIpc) is 3.29. The van der Waals surface area contributed by atoms with Crippen LogP contribution in [0.3, 0.4) is 0 Å². The normalized spacial score (nSPS) is 18.3. The molecule has 204 valence electrons. The van der Waals surface area contributed by atoms with E-state index >= 15 is 0 Å². The van der Waals surface area contributed by atoms with Gasteiger partial charge in [-0.05, 0) is 51.0 Å². The number of imidazole rings is 1. The second kappa shape index (κ2) is 11.4. The summed E-state index contributed by atoms with van der Waals surface area (Å²) in [5.74, 6) is 0.254. The van der Waals surface area contributed by atoms with E-state index < -0.39 is 15.3 Å². The van der Waals surface area contributed by atoms with Crippen LogP contribution in [0.15, 0.2) is 54.6 Å². The lowest BCUT2D eigenvalue weighted by atomic mass is 9.97. The Morgan fingerprint density at radius 1 is 0.921 bits per heavy atom. The van der Waals surface area contributed by atoms with E-state index in [0.29, 0.717) is 31.9 Å².